The Morgan fingerprint density at radius 1 is 0.923 bits per heavy atom. The molecular formula is C29H22N4O4S2. The number of hydrogen-bond acceptors (Lipinski definition) is 7. The Hall–Kier alpha value is -4.54. The summed E-state index contributed by atoms with van der Waals surface area (Å²) in [6.45, 7) is 1.80. The molecule has 2 amide bonds. The minimum absolute atomic E-state index is 0.156. The first-order valence-electron chi connectivity index (χ1n) is 11.9. The topological polar surface area (TPSA) is 114 Å². The van der Waals surface area contributed by atoms with Crippen molar-refractivity contribution >= 4 is 62.2 Å². The normalized spacial score (nSPS) is 11.6. The van der Waals surface area contributed by atoms with Crippen molar-refractivity contribution in [3.05, 3.63) is 112 Å². The monoisotopic (exact) mass is 554 g/mol. The van der Waals surface area contributed by atoms with Crippen molar-refractivity contribution in [2.75, 3.05) is 10.6 Å². The second kappa shape index (κ2) is 11.5. The van der Waals surface area contributed by atoms with Crippen LogP contribution in [0.15, 0.2) is 101 Å². The Balaban J connectivity index is 1.21. The number of anilines is 2. The summed E-state index contributed by atoms with van der Waals surface area (Å²) in [4.78, 5) is 41.3. The second-order valence-electron chi connectivity index (χ2n) is 8.64. The van der Waals surface area contributed by atoms with Gasteiger partial charge in [0.1, 0.15) is 0 Å². The predicted octanol–water partition coefficient (Wildman–Crippen LogP) is 7.24. The minimum Gasteiger partial charge on any atom is -0.322 e. The molecule has 5 aromatic rings. The van der Waals surface area contributed by atoms with Crippen LogP contribution < -0.4 is 10.6 Å². The van der Waals surface area contributed by atoms with Crippen LogP contribution >= 0.6 is 23.1 Å². The van der Waals surface area contributed by atoms with E-state index < -0.39 is 16.1 Å². The molecule has 8 nitrogen and oxygen atoms in total. The average molecular weight is 555 g/mol. The smallest absolute Gasteiger partial charge is 0.270 e. The van der Waals surface area contributed by atoms with E-state index in [4.69, 9.17) is 0 Å². The third-order valence-corrected chi connectivity index (χ3v) is 7.72. The lowest BCUT2D eigenvalue weighted by Crippen LogP contribution is -2.22. The molecule has 0 saturated heterocycles. The van der Waals surface area contributed by atoms with E-state index in [2.05, 4.69) is 39.9 Å². The van der Waals surface area contributed by atoms with Crippen molar-refractivity contribution in [2.24, 2.45) is 0 Å². The molecule has 194 valence electrons. The first-order chi connectivity index (χ1) is 18.9. The molecule has 10 heteroatoms. The van der Waals surface area contributed by atoms with Crippen LogP contribution in [-0.4, -0.2) is 27.0 Å². The summed E-state index contributed by atoms with van der Waals surface area (Å²) in [7, 11) is 0. The minimum atomic E-state index is -0.545. The summed E-state index contributed by atoms with van der Waals surface area (Å²) in [6.07, 6.45) is 0. The highest BCUT2D eigenvalue weighted by molar-refractivity contribution is 8.00. The van der Waals surface area contributed by atoms with Crippen LogP contribution in [0.2, 0.25) is 0 Å². The van der Waals surface area contributed by atoms with Crippen molar-refractivity contribution < 1.29 is 14.5 Å². The van der Waals surface area contributed by atoms with Crippen LogP contribution in [0.5, 0.6) is 0 Å². The van der Waals surface area contributed by atoms with Crippen molar-refractivity contribution in [1.29, 1.82) is 0 Å². The molecule has 5 rings (SSSR count). The molecule has 39 heavy (non-hydrogen) atoms. The number of benzene rings is 4. The largest absolute Gasteiger partial charge is 0.322 e. The van der Waals surface area contributed by atoms with Crippen molar-refractivity contribution in [3.63, 3.8) is 0 Å². The zero-order chi connectivity index (χ0) is 27.4. The molecule has 0 saturated carbocycles. The average Bonchev–Trinajstić information content (AvgIpc) is 3.41. The zero-order valence-corrected chi connectivity index (χ0v) is 22.3. The number of carbonyl (C=O) groups is 2. The lowest BCUT2D eigenvalue weighted by atomic mass is 10.1. The molecule has 1 atom stereocenters. The molecule has 0 spiro atoms. The number of fused-ring (bicyclic) bond motifs is 1. The van der Waals surface area contributed by atoms with Crippen LogP contribution in [0, 0.1) is 10.1 Å². The Morgan fingerprint density at radius 3 is 2.54 bits per heavy atom. The Bertz CT molecular complexity index is 1700. The summed E-state index contributed by atoms with van der Waals surface area (Å²) in [5.74, 6) is -0.650. The van der Waals surface area contributed by atoms with E-state index in [9.17, 15) is 19.7 Å². The summed E-state index contributed by atoms with van der Waals surface area (Å²) in [5.41, 5.74) is 2.33. The first kappa shape index (κ1) is 26.1. The number of thiazole rings is 1. The fraction of sp³-hybridized carbons (Fsp3) is 0.0690. The number of nitro groups is 1. The van der Waals surface area contributed by atoms with Gasteiger partial charge in [-0.2, -0.15) is 0 Å². The first-order valence-corrected chi connectivity index (χ1v) is 13.7. The number of carbonyl (C=O) groups excluding carboxylic acids is 2. The maximum absolute atomic E-state index is 12.9. The van der Waals surface area contributed by atoms with E-state index in [0.29, 0.717) is 10.8 Å². The molecule has 2 N–H and O–H groups in total. The van der Waals surface area contributed by atoms with Crippen molar-refractivity contribution in [2.45, 2.75) is 17.1 Å². The van der Waals surface area contributed by atoms with Crippen LogP contribution in [0.4, 0.5) is 16.5 Å². The van der Waals surface area contributed by atoms with Crippen molar-refractivity contribution in [3.8, 4) is 11.3 Å². The molecule has 0 bridgehead atoms. The van der Waals surface area contributed by atoms with Gasteiger partial charge in [-0.05, 0) is 48.0 Å². The molecule has 1 heterocycles. The third-order valence-electron chi connectivity index (χ3n) is 5.87. The molecule has 1 unspecified atom stereocenters. The van der Waals surface area contributed by atoms with E-state index >= 15 is 0 Å². The number of thioether (sulfide) groups is 1. The predicted molar refractivity (Wildman–Crippen MR) is 156 cm³/mol. The highest BCUT2D eigenvalue weighted by Crippen LogP contribution is 2.30. The highest BCUT2D eigenvalue weighted by Gasteiger charge is 2.17. The van der Waals surface area contributed by atoms with Gasteiger partial charge in [-0.15, -0.1) is 23.1 Å². The molecule has 0 fully saturated rings. The maximum Gasteiger partial charge on any atom is 0.270 e. The zero-order valence-electron chi connectivity index (χ0n) is 20.7. The molecule has 4 aromatic carbocycles. The molecule has 0 aliphatic heterocycles. The molecule has 0 radical (unpaired) electrons. The van der Waals surface area contributed by atoms with Gasteiger partial charge in [-0.1, -0.05) is 48.5 Å². The standard InChI is InChI=1S/C29H22N4O4S2/c1-18(27(34)32-29-31-26(17-38-29)21-13-12-19-6-2-3-7-20(19)14-21)39-25-11-5-9-23(16-25)30-28(35)22-8-4-10-24(15-22)33(36)37/h2-18H,1H3,(H,30,35)(H,31,32,34). The van der Waals surface area contributed by atoms with E-state index in [0.717, 1.165) is 26.9 Å². The fourth-order valence-corrected chi connectivity index (χ4v) is 5.54. The second-order valence-corrected chi connectivity index (χ2v) is 10.9. The molecule has 1 aromatic heterocycles. The lowest BCUT2D eigenvalue weighted by molar-refractivity contribution is -0.384. The number of amides is 2. The third kappa shape index (κ3) is 6.31. The van der Waals surface area contributed by atoms with Gasteiger partial charge in [0, 0.05) is 39.2 Å². The van der Waals surface area contributed by atoms with Gasteiger partial charge in [-0.25, -0.2) is 4.98 Å². The van der Waals surface area contributed by atoms with Gasteiger partial charge in [0.15, 0.2) is 5.13 Å². The van der Waals surface area contributed by atoms with E-state index in [-0.39, 0.29) is 17.2 Å². The number of rotatable bonds is 8. The summed E-state index contributed by atoms with van der Waals surface area (Å²) < 4.78 is 0. The van der Waals surface area contributed by atoms with E-state index in [1.165, 1.54) is 47.4 Å². The Morgan fingerprint density at radius 2 is 1.72 bits per heavy atom. The number of non-ortho nitro benzene ring substituents is 1. The maximum atomic E-state index is 12.9. The lowest BCUT2D eigenvalue weighted by Gasteiger charge is -2.12. The van der Waals surface area contributed by atoms with E-state index in [1.54, 1.807) is 25.1 Å². The van der Waals surface area contributed by atoms with Crippen LogP contribution in [-0.2, 0) is 4.79 Å². The number of hydrogen-bond donors (Lipinski definition) is 2. The number of nitro benzene ring substituents is 1. The summed E-state index contributed by atoms with van der Waals surface area (Å²) >= 11 is 2.71. The number of aromatic nitrogens is 1. The van der Waals surface area contributed by atoms with Crippen molar-refractivity contribution in [1.82, 2.24) is 4.98 Å². The van der Waals surface area contributed by atoms with Gasteiger partial charge in [0.05, 0.1) is 15.9 Å². The number of nitrogens with one attached hydrogen (secondary N) is 2. The summed E-state index contributed by atoms with van der Waals surface area (Å²) in [6, 6.07) is 26.9. The van der Waals surface area contributed by atoms with Crippen LogP contribution in [0.1, 0.15) is 17.3 Å². The molecule has 0 aliphatic rings. The Kier molecular flexibility index (Phi) is 7.67. The van der Waals surface area contributed by atoms with Gasteiger partial charge in [0.25, 0.3) is 11.6 Å². The Labute approximate surface area is 232 Å². The van der Waals surface area contributed by atoms with Gasteiger partial charge in [0.2, 0.25) is 5.91 Å². The van der Waals surface area contributed by atoms with Crippen LogP contribution in [0.25, 0.3) is 22.0 Å². The van der Waals surface area contributed by atoms with Crippen LogP contribution in [0.3, 0.4) is 0 Å². The summed E-state index contributed by atoms with van der Waals surface area (Å²) in [5, 5.41) is 20.9. The van der Waals surface area contributed by atoms with E-state index in [1.807, 2.05) is 29.6 Å². The quantitative estimate of drug-likeness (QED) is 0.119. The number of nitrogens with zero attached hydrogens (tertiary/aromatic N) is 2. The molecular weight excluding hydrogens is 532 g/mol. The van der Waals surface area contributed by atoms with Gasteiger partial charge >= 0.3 is 0 Å². The van der Waals surface area contributed by atoms with Gasteiger partial charge in [-0.3, -0.25) is 19.7 Å². The fourth-order valence-electron chi connectivity index (χ4n) is 3.89. The molecule has 0 aliphatic carbocycles. The van der Waals surface area contributed by atoms with Gasteiger partial charge < -0.3 is 10.6 Å². The highest BCUT2D eigenvalue weighted by atomic mass is 32.2. The SMILES string of the molecule is CC(Sc1cccc(NC(=O)c2cccc([N+](=O)[O-])c2)c1)C(=O)Nc1nc(-c2ccc3ccccc3c2)cs1.